The molecule has 1 fully saturated rings. The summed E-state index contributed by atoms with van der Waals surface area (Å²) in [5.41, 5.74) is 6.65. The molecule has 2 N–H and O–H groups in total. The van der Waals surface area contributed by atoms with Crippen molar-refractivity contribution in [2.75, 3.05) is 42.9 Å². The minimum Gasteiger partial charge on any atom is -0.455 e. The number of halogens is 1. The van der Waals surface area contributed by atoms with Gasteiger partial charge in [-0.25, -0.2) is 13.4 Å². The van der Waals surface area contributed by atoms with Gasteiger partial charge >= 0.3 is 0 Å². The van der Waals surface area contributed by atoms with Gasteiger partial charge in [0, 0.05) is 66.5 Å². The largest absolute Gasteiger partial charge is 0.455 e. The third-order valence-corrected chi connectivity index (χ3v) is 11.8. The van der Waals surface area contributed by atoms with Crippen molar-refractivity contribution in [3.8, 4) is 11.5 Å². The number of pyridine rings is 1. The lowest BCUT2D eigenvalue weighted by Gasteiger charge is -2.39. The maximum absolute atomic E-state index is 14.0. The van der Waals surface area contributed by atoms with E-state index in [4.69, 9.17) is 16.3 Å². The monoisotopic (exact) mass is 759 g/mol. The number of thiol groups is 1. The smallest absolute Gasteiger partial charge is 0.259 e. The van der Waals surface area contributed by atoms with Gasteiger partial charge in [0.1, 0.15) is 17.1 Å². The molecule has 1 aliphatic carbocycles. The molecular weight excluding hydrogens is 718 g/mol. The number of carbonyl (C=O) groups excluding carboxylic acids is 1. The zero-order chi connectivity index (χ0) is 37.4. The second kappa shape index (κ2) is 14.9. The molecule has 0 unspecified atom stereocenters. The third-order valence-electron chi connectivity index (χ3n) is 10.7. The van der Waals surface area contributed by atoms with Gasteiger partial charge in [-0.1, -0.05) is 73.5 Å². The lowest BCUT2D eigenvalue weighted by Crippen LogP contribution is -2.47. The Morgan fingerprint density at radius 3 is 2.54 bits per heavy atom. The molecule has 8 rings (SSSR count). The number of hydrogen-bond donors (Lipinski definition) is 3. The first-order valence-electron chi connectivity index (χ1n) is 18.3. The van der Waals surface area contributed by atoms with Crippen molar-refractivity contribution >= 4 is 67.0 Å². The van der Waals surface area contributed by atoms with Gasteiger partial charge in [-0.2, -0.15) is 0 Å². The van der Waals surface area contributed by atoms with Gasteiger partial charge in [-0.15, -0.1) is 0 Å². The Bertz CT molecular complexity index is 2470. The highest BCUT2D eigenvalue weighted by molar-refractivity contribution is 7.73. The number of aromatic nitrogens is 2. The van der Waals surface area contributed by atoms with E-state index in [0.29, 0.717) is 16.9 Å². The van der Waals surface area contributed by atoms with E-state index in [9.17, 15) is 13.2 Å². The fourth-order valence-corrected chi connectivity index (χ4v) is 8.58. The van der Waals surface area contributed by atoms with E-state index in [2.05, 4.69) is 51.1 Å². The fourth-order valence-electron chi connectivity index (χ4n) is 7.72. The summed E-state index contributed by atoms with van der Waals surface area (Å²) in [6.07, 6.45) is 6.75. The fraction of sp³-hybridized carbons (Fsp3) is 0.256. The van der Waals surface area contributed by atoms with E-state index in [1.54, 1.807) is 36.5 Å². The van der Waals surface area contributed by atoms with Crippen LogP contribution in [-0.4, -0.2) is 61.9 Å². The van der Waals surface area contributed by atoms with Gasteiger partial charge in [-0.05, 0) is 83.7 Å². The molecule has 2 aliphatic rings. The molecule has 11 heteroatoms. The lowest BCUT2D eigenvalue weighted by molar-refractivity contribution is 0.102. The van der Waals surface area contributed by atoms with Gasteiger partial charge in [0.2, 0.25) is 0 Å². The van der Waals surface area contributed by atoms with Crippen LogP contribution < -0.4 is 15.0 Å². The first-order chi connectivity index (χ1) is 26.1. The van der Waals surface area contributed by atoms with E-state index in [0.717, 1.165) is 72.7 Å². The average Bonchev–Trinajstić information content (AvgIpc) is 3.64. The van der Waals surface area contributed by atoms with Crippen LogP contribution in [0, 0.1) is 5.41 Å². The summed E-state index contributed by atoms with van der Waals surface area (Å²) in [6, 6.07) is 28.3. The van der Waals surface area contributed by atoms with E-state index in [1.165, 1.54) is 23.1 Å². The molecule has 2 aromatic heterocycles. The van der Waals surface area contributed by atoms with Gasteiger partial charge in [-0.3, -0.25) is 9.69 Å². The summed E-state index contributed by atoms with van der Waals surface area (Å²) in [7, 11) is -2.99. The Balaban J connectivity index is 1.05. The van der Waals surface area contributed by atoms with Crippen molar-refractivity contribution in [1.29, 1.82) is 0 Å². The number of benzene rings is 4. The summed E-state index contributed by atoms with van der Waals surface area (Å²) < 4.78 is 31.3. The minimum atomic E-state index is -2.99. The Labute approximate surface area is 321 Å². The van der Waals surface area contributed by atoms with Crippen LogP contribution in [0.3, 0.4) is 0 Å². The van der Waals surface area contributed by atoms with Crippen molar-refractivity contribution in [3.05, 3.63) is 125 Å². The first kappa shape index (κ1) is 35.8. The summed E-state index contributed by atoms with van der Waals surface area (Å²) in [5.74, 6) is 0.346. The van der Waals surface area contributed by atoms with E-state index >= 15 is 0 Å². The third kappa shape index (κ3) is 7.59. The number of piperazine rings is 1. The van der Waals surface area contributed by atoms with Crippen molar-refractivity contribution in [2.24, 2.45) is 5.41 Å². The highest BCUT2D eigenvalue weighted by atomic mass is 35.5. The van der Waals surface area contributed by atoms with Crippen LogP contribution in [0.15, 0.2) is 114 Å². The van der Waals surface area contributed by atoms with Crippen molar-refractivity contribution in [1.82, 2.24) is 14.9 Å². The average molecular weight is 760 g/mol. The maximum Gasteiger partial charge on any atom is 0.259 e. The molecular formula is C43H42ClN5O4S. The number of carbonyl (C=O) groups is 1. The zero-order valence-electron chi connectivity index (χ0n) is 30.3. The van der Waals surface area contributed by atoms with Crippen molar-refractivity contribution in [2.45, 2.75) is 38.0 Å². The molecule has 1 saturated heterocycles. The highest BCUT2D eigenvalue weighted by Crippen LogP contribution is 2.43. The van der Waals surface area contributed by atoms with Gasteiger partial charge in [0.15, 0.2) is 10.7 Å². The summed E-state index contributed by atoms with van der Waals surface area (Å²) >= 11 is 6.24. The molecule has 0 radical (unpaired) electrons. The van der Waals surface area contributed by atoms with Crippen LogP contribution in [0.5, 0.6) is 11.5 Å². The summed E-state index contributed by atoms with van der Waals surface area (Å²) in [5, 5.41) is 5.81. The lowest BCUT2D eigenvalue weighted by atomic mass is 9.72. The highest BCUT2D eigenvalue weighted by Gasteiger charge is 2.30. The van der Waals surface area contributed by atoms with E-state index in [1.807, 2.05) is 54.7 Å². The summed E-state index contributed by atoms with van der Waals surface area (Å²) in [4.78, 5) is 26.5. The number of amides is 1. The molecule has 1 aliphatic heterocycles. The second-order valence-corrected chi connectivity index (χ2v) is 16.4. The Morgan fingerprint density at radius 2 is 1.74 bits per heavy atom. The number of fused-ring (bicyclic) bond motifs is 2. The molecule has 0 saturated carbocycles. The van der Waals surface area contributed by atoms with E-state index < -0.39 is 16.6 Å². The molecule has 54 heavy (non-hydrogen) atoms. The molecule has 1 amide bonds. The molecule has 276 valence electrons. The van der Waals surface area contributed by atoms with Gasteiger partial charge in [0.25, 0.3) is 5.91 Å². The molecule has 3 heterocycles. The number of aromatic amines is 1. The summed E-state index contributed by atoms with van der Waals surface area (Å²) in [6.45, 7) is 9.07. The molecule has 9 nitrogen and oxygen atoms in total. The number of hydrogen-bond acceptors (Lipinski definition) is 7. The number of ether oxygens (including phenoxy) is 1. The van der Waals surface area contributed by atoms with Crippen LogP contribution in [0.1, 0.15) is 49.0 Å². The Hall–Kier alpha value is -5.16. The number of H-pyrrole nitrogens is 1. The second-order valence-electron chi connectivity index (χ2n) is 15.0. The SMILES string of the molecule is CC1(C)CCC(CN2CCN(c3ccc(C(=O)Nc4ccc5ccccc5c4[SH](=O)=O)c(Oc4cnc5[nH]ccc5c4)c3)CC2)=C(c2ccc(Cl)cc2)C1. The predicted octanol–water partition coefficient (Wildman–Crippen LogP) is 9.17. The standard InChI is InChI=1S/C43H42ClN5O4S/c1-43(2)17-15-31(37(25-43)29-7-10-32(44)11-8-29)27-48-19-21-49(22-20-48)33-12-13-36(39(24-33)53-34-23-30-16-18-45-41(30)46-26-34)42(50)47-38-14-9-28-5-3-4-6-35(28)40(38)54(51)52/h3-14,16,18,23-24,26,54H,15,17,19-22,25,27H2,1-2H3,(H,45,46)(H,47,50). The topological polar surface area (TPSA) is 108 Å². The minimum absolute atomic E-state index is 0.0727. The van der Waals surface area contributed by atoms with E-state index in [-0.39, 0.29) is 21.6 Å². The Kier molecular flexibility index (Phi) is 9.91. The van der Waals surface area contributed by atoms with Crippen LogP contribution in [-0.2, 0) is 10.7 Å². The molecule has 0 bridgehead atoms. The normalized spacial score (nSPS) is 16.3. The van der Waals surface area contributed by atoms with Gasteiger partial charge < -0.3 is 19.9 Å². The molecule has 0 spiro atoms. The van der Waals surface area contributed by atoms with Crippen LogP contribution in [0.4, 0.5) is 11.4 Å². The van der Waals surface area contributed by atoms with Crippen LogP contribution >= 0.6 is 11.6 Å². The number of nitrogens with one attached hydrogen (secondary N) is 2. The maximum atomic E-state index is 14.0. The van der Waals surface area contributed by atoms with Crippen molar-refractivity contribution in [3.63, 3.8) is 0 Å². The van der Waals surface area contributed by atoms with Crippen LogP contribution in [0.25, 0.3) is 27.4 Å². The van der Waals surface area contributed by atoms with Crippen LogP contribution in [0.2, 0.25) is 5.02 Å². The zero-order valence-corrected chi connectivity index (χ0v) is 31.9. The quantitative estimate of drug-likeness (QED) is 0.126. The van der Waals surface area contributed by atoms with Gasteiger partial charge in [0.05, 0.1) is 22.3 Å². The molecule has 0 atom stereocenters. The Morgan fingerprint density at radius 1 is 0.944 bits per heavy atom. The molecule has 4 aromatic carbocycles. The molecule has 6 aromatic rings. The van der Waals surface area contributed by atoms with Crippen molar-refractivity contribution < 1.29 is 17.9 Å². The number of rotatable bonds is 9. The number of allylic oxidation sites excluding steroid dienone is 1. The predicted molar refractivity (Wildman–Crippen MR) is 218 cm³/mol. The first-order valence-corrected chi connectivity index (χ1v) is 19.8. The number of nitrogens with zero attached hydrogens (tertiary/aromatic N) is 3. The number of anilines is 2.